The number of amides is 1. The molecule has 28 heavy (non-hydrogen) atoms. The molecule has 0 aliphatic heterocycles. The minimum atomic E-state index is -0.775. The van der Waals surface area contributed by atoms with Crippen LogP contribution in [0.25, 0.3) is 11.0 Å². The third kappa shape index (κ3) is 5.08. The zero-order chi connectivity index (χ0) is 20.8. The van der Waals surface area contributed by atoms with Gasteiger partial charge in [0.2, 0.25) is 0 Å². The number of anilines is 1. The van der Waals surface area contributed by atoms with Crippen molar-refractivity contribution in [3.8, 4) is 0 Å². The normalized spacial score (nSPS) is 12.3. The van der Waals surface area contributed by atoms with Gasteiger partial charge < -0.3 is 0 Å². The molecule has 147 valence electrons. The van der Waals surface area contributed by atoms with Crippen LogP contribution in [-0.4, -0.2) is 46.9 Å². The molecule has 1 heterocycles. The summed E-state index contributed by atoms with van der Waals surface area (Å²) in [6.07, 6.45) is 4.68. The number of aliphatic hydroxyl groups excluding tert-OH is 1. The van der Waals surface area contributed by atoms with Gasteiger partial charge in [-0.25, -0.2) is 0 Å². The molecule has 0 aliphatic rings. The molecule has 2 aromatic rings. The number of fused-ring (bicyclic) bond motifs is 1. The van der Waals surface area contributed by atoms with Crippen molar-refractivity contribution in [2.75, 3.05) is 18.5 Å². The number of carbonyl (C=O) groups is 1. The number of allylic oxidation sites excluding steroid dienone is 3. The average molecular weight is 471 g/mol. The topological polar surface area (TPSA) is 88.4 Å². The third-order valence-electron chi connectivity index (χ3n) is 3.62. The van der Waals surface area contributed by atoms with Gasteiger partial charge in [-0.05, 0) is 0 Å². The molecule has 1 amide bonds. The molecule has 1 aromatic heterocycles. The Hall–Kier alpha value is -2.01. The summed E-state index contributed by atoms with van der Waals surface area (Å²) in [5.41, 5.74) is 2.23. The zero-order valence-electron chi connectivity index (χ0n) is 15.1. The summed E-state index contributed by atoms with van der Waals surface area (Å²) in [6, 6.07) is 1.44. The van der Waals surface area contributed by atoms with E-state index in [9.17, 15) is 4.79 Å². The van der Waals surface area contributed by atoms with Gasteiger partial charge in [0.05, 0.1) is 0 Å². The van der Waals surface area contributed by atoms with E-state index in [2.05, 4.69) is 31.7 Å². The number of nitrogens with zero attached hydrogens (tertiary/aromatic N) is 2. The van der Waals surface area contributed by atoms with Crippen molar-refractivity contribution in [1.82, 2.24) is 15.0 Å². The fraction of sp³-hybridized carbons (Fsp3) is 0.235. The Balaban J connectivity index is 2.48. The van der Waals surface area contributed by atoms with Crippen LogP contribution in [0.4, 0.5) is 10.1 Å². The van der Waals surface area contributed by atoms with Crippen LogP contribution in [-0.2, 0) is 11.9 Å². The van der Waals surface area contributed by atoms with Crippen molar-refractivity contribution in [2.24, 2.45) is 7.05 Å². The number of imidazole rings is 1. The number of aryl methyl sites for hydroxylation is 1. The van der Waals surface area contributed by atoms with Crippen molar-refractivity contribution >= 4 is 63.2 Å². The summed E-state index contributed by atoms with van der Waals surface area (Å²) in [4.78, 5) is 21.3. The molecule has 0 fully saturated rings. The van der Waals surface area contributed by atoms with Crippen LogP contribution >= 0.6 is 27.5 Å². The van der Waals surface area contributed by atoms with E-state index < -0.39 is 11.7 Å². The van der Waals surface area contributed by atoms with E-state index >= 15 is 4.39 Å². The SMILES string of the molecule is [B]=C(Nc1c(C(=O)NOCCO)cc2c(ncn2C)c1F)/C(Cl)=C\C(Br)=C/C. The van der Waals surface area contributed by atoms with Crippen LogP contribution in [0, 0.1) is 5.82 Å². The summed E-state index contributed by atoms with van der Waals surface area (Å²) < 4.78 is 17.3. The van der Waals surface area contributed by atoms with Crippen molar-refractivity contribution in [1.29, 1.82) is 0 Å². The van der Waals surface area contributed by atoms with Crippen LogP contribution < -0.4 is 10.8 Å². The maximum atomic E-state index is 15.1. The first-order valence-corrected chi connectivity index (χ1v) is 9.22. The Kier molecular flexibility index (Phi) is 7.93. The van der Waals surface area contributed by atoms with E-state index in [0.717, 1.165) is 0 Å². The van der Waals surface area contributed by atoms with Gasteiger partial charge in [-0.3, -0.25) is 0 Å². The van der Waals surface area contributed by atoms with E-state index in [1.54, 1.807) is 24.6 Å². The van der Waals surface area contributed by atoms with E-state index in [-0.39, 0.29) is 40.6 Å². The van der Waals surface area contributed by atoms with E-state index in [1.807, 2.05) is 0 Å². The number of rotatable bonds is 8. The molecular weight excluding hydrogens is 453 g/mol. The van der Waals surface area contributed by atoms with Crippen molar-refractivity contribution in [3.05, 3.63) is 45.4 Å². The van der Waals surface area contributed by atoms with Crippen molar-refractivity contribution in [3.63, 3.8) is 0 Å². The number of hydrogen-bond donors (Lipinski definition) is 3. The zero-order valence-corrected chi connectivity index (χ0v) is 17.4. The summed E-state index contributed by atoms with van der Waals surface area (Å²) in [7, 11) is 7.60. The number of halogens is 3. The Labute approximate surface area is 175 Å². The Bertz CT molecular complexity index is 977. The molecule has 0 unspecified atom stereocenters. The standard InChI is InChI=1S/C17H17BBrClFN4O3/c1-3-9(19)6-11(20)16(18)23-14-10(17(27)24-28-5-4-26)7-12-15(13(14)21)22-8-25(12)2/h3,6-8,23,26H,4-5H2,1-2H3,(H,24,27)/b9-3+,11-6+. The predicted molar refractivity (Wildman–Crippen MR) is 112 cm³/mol. The quantitative estimate of drug-likeness (QED) is 0.239. The molecular formula is C17H17BBrClFN4O3. The van der Waals surface area contributed by atoms with Gasteiger partial charge in [0.15, 0.2) is 0 Å². The number of hydroxylamine groups is 1. The van der Waals surface area contributed by atoms with Gasteiger partial charge in [0.25, 0.3) is 0 Å². The monoisotopic (exact) mass is 469 g/mol. The summed E-state index contributed by atoms with van der Waals surface area (Å²) in [6.45, 7) is 1.38. The van der Waals surface area contributed by atoms with Crippen LogP contribution in [0.2, 0.25) is 0 Å². The number of aromatic nitrogens is 2. The van der Waals surface area contributed by atoms with Crippen LogP contribution in [0.5, 0.6) is 0 Å². The third-order valence-corrected chi connectivity index (χ3v) is 4.62. The van der Waals surface area contributed by atoms with Crippen LogP contribution in [0.3, 0.4) is 0 Å². The maximum absolute atomic E-state index is 15.1. The molecule has 7 nitrogen and oxygen atoms in total. The molecule has 1 radical (unpaired) electrons. The Morgan fingerprint density at radius 1 is 1.57 bits per heavy atom. The van der Waals surface area contributed by atoms with E-state index in [1.165, 1.54) is 18.5 Å². The van der Waals surface area contributed by atoms with Gasteiger partial charge in [-0.15, -0.1) is 0 Å². The molecule has 1 aromatic carbocycles. The number of benzene rings is 1. The Morgan fingerprint density at radius 3 is 2.93 bits per heavy atom. The Morgan fingerprint density at radius 2 is 2.29 bits per heavy atom. The first-order chi connectivity index (χ1) is 13.3. The van der Waals surface area contributed by atoms with Gasteiger partial charge in [0.1, 0.15) is 0 Å². The first-order valence-electron chi connectivity index (χ1n) is 8.05. The summed E-state index contributed by atoms with van der Waals surface area (Å²) in [5.74, 6) is -1.51. The number of hydrogen-bond acceptors (Lipinski definition) is 5. The van der Waals surface area contributed by atoms with Gasteiger partial charge in [0, 0.05) is 0 Å². The molecule has 0 spiro atoms. The minimum absolute atomic E-state index is 0.0559. The number of carbonyl (C=O) groups excluding carboxylic acids is 1. The fourth-order valence-electron chi connectivity index (χ4n) is 2.22. The van der Waals surface area contributed by atoms with Crippen LogP contribution in [0.1, 0.15) is 17.3 Å². The second-order valence-electron chi connectivity index (χ2n) is 5.54. The second kappa shape index (κ2) is 9.97. The number of aliphatic hydroxyl groups is 1. The molecule has 11 heteroatoms. The molecule has 0 saturated heterocycles. The van der Waals surface area contributed by atoms with E-state index in [0.29, 0.717) is 10.00 Å². The van der Waals surface area contributed by atoms with Gasteiger partial charge in [-0.2, -0.15) is 0 Å². The average Bonchev–Trinajstić information content (AvgIpc) is 3.04. The van der Waals surface area contributed by atoms with E-state index in [4.69, 9.17) is 29.0 Å². The summed E-state index contributed by atoms with van der Waals surface area (Å²) >= 11 is 9.40. The second-order valence-corrected chi connectivity index (χ2v) is 6.87. The van der Waals surface area contributed by atoms with Gasteiger partial charge >= 0.3 is 175 Å². The van der Waals surface area contributed by atoms with Crippen molar-refractivity contribution < 1.29 is 19.1 Å². The molecule has 0 bridgehead atoms. The number of nitrogens with one attached hydrogen (secondary N) is 2. The molecule has 3 N–H and O–H groups in total. The summed E-state index contributed by atoms with van der Waals surface area (Å²) in [5, 5.41) is 11.5. The van der Waals surface area contributed by atoms with Crippen molar-refractivity contribution in [2.45, 2.75) is 6.92 Å². The molecule has 0 atom stereocenters. The molecule has 0 saturated carbocycles. The fourth-order valence-corrected chi connectivity index (χ4v) is 2.75. The van der Waals surface area contributed by atoms with Crippen LogP contribution in [0.15, 0.2) is 34.1 Å². The first kappa shape index (κ1) is 22.3. The predicted octanol–water partition coefficient (Wildman–Crippen LogP) is 2.50. The van der Waals surface area contributed by atoms with Gasteiger partial charge in [-0.1, -0.05) is 0 Å². The molecule has 2 rings (SSSR count). The molecule has 0 aliphatic carbocycles.